The van der Waals surface area contributed by atoms with Crippen LogP contribution in [-0.4, -0.2) is 23.0 Å². The van der Waals surface area contributed by atoms with Crippen LogP contribution in [0.2, 0.25) is 5.02 Å². The van der Waals surface area contributed by atoms with Crippen molar-refractivity contribution in [2.45, 2.75) is 13.8 Å². The molecule has 7 heteroatoms. The van der Waals surface area contributed by atoms with Crippen LogP contribution in [-0.2, 0) is 0 Å². The summed E-state index contributed by atoms with van der Waals surface area (Å²) in [5.74, 6) is 1.17. The molecule has 1 aromatic heterocycles. The number of hydrogen-bond acceptors (Lipinski definition) is 5. The maximum absolute atomic E-state index is 12.7. The molecule has 138 valence electrons. The van der Waals surface area contributed by atoms with E-state index in [1.807, 2.05) is 37.3 Å². The maximum Gasteiger partial charge on any atom is 0.274 e. The number of nitrogens with one attached hydrogen (secondary N) is 2. The number of nitrogens with zero attached hydrogens (tertiary/aromatic N) is 2. The number of methoxy groups -OCH3 is 1. The Morgan fingerprint density at radius 3 is 2.56 bits per heavy atom. The monoisotopic (exact) mass is 382 g/mol. The molecule has 0 unspecified atom stereocenters. The lowest BCUT2D eigenvalue weighted by atomic mass is 10.2. The van der Waals surface area contributed by atoms with Gasteiger partial charge in [-0.2, -0.15) is 0 Å². The second-order valence-corrected chi connectivity index (χ2v) is 6.36. The zero-order valence-electron chi connectivity index (χ0n) is 15.2. The standard InChI is InChI=1S/C20H19ClN4O2/c1-12-8-9-18(27-3)16(10-12)25-20(26)17-11-19(23-13(2)22-17)24-15-7-5-4-6-14(15)21/h4-11H,1-3H3,(H,25,26)(H,22,23,24). The molecular weight excluding hydrogens is 364 g/mol. The molecule has 0 saturated carbocycles. The summed E-state index contributed by atoms with van der Waals surface area (Å²) in [6.45, 7) is 3.66. The van der Waals surface area contributed by atoms with Crippen LogP contribution in [0.15, 0.2) is 48.5 Å². The second kappa shape index (κ2) is 8.05. The molecule has 1 heterocycles. The van der Waals surface area contributed by atoms with Gasteiger partial charge in [0.1, 0.15) is 23.1 Å². The van der Waals surface area contributed by atoms with E-state index >= 15 is 0 Å². The lowest BCUT2D eigenvalue weighted by molar-refractivity contribution is 0.102. The smallest absolute Gasteiger partial charge is 0.274 e. The minimum atomic E-state index is -0.355. The topological polar surface area (TPSA) is 76.1 Å². The van der Waals surface area contributed by atoms with E-state index in [9.17, 15) is 4.79 Å². The van der Waals surface area contributed by atoms with Gasteiger partial charge in [0.2, 0.25) is 0 Å². The quantitative estimate of drug-likeness (QED) is 0.665. The van der Waals surface area contributed by atoms with Gasteiger partial charge in [0.05, 0.1) is 23.5 Å². The predicted molar refractivity (Wildman–Crippen MR) is 107 cm³/mol. The Kier molecular flexibility index (Phi) is 5.57. The first-order chi connectivity index (χ1) is 13.0. The lowest BCUT2D eigenvalue weighted by Gasteiger charge is -2.12. The second-order valence-electron chi connectivity index (χ2n) is 5.95. The maximum atomic E-state index is 12.7. The van der Waals surface area contributed by atoms with Crippen molar-refractivity contribution in [3.63, 3.8) is 0 Å². The zero-order chi connectivity index (χ0) is 19.4. The number of anilines is 3. The van der Waals surface area contributed by atoms with Gasteiger partial charge in [-0.25, -0.2) is 9.97 Å². The van der Waals surface area contributed by atoms with Gasteiger partial charge < -0.3 is 15.4 Å². The zero-order valence-corrected chi connectivity index (χ0v) is 16.0. The molecule has 0 aliphatic carbocycles. The highest BCUT2D eigenvalue weighted by atomic mass is 35.5. The molecule has 0 bridgehead atoms. The molecular formula is C20H19ClN4O2. The largest absolute Gasteiger partial charge is 0.495 e. The number of halogens is 1. The van der Waals surface area contributed by atoms with Crippen LogP contribution >= 0.6 is 11.6 Å². The third-order valence-electron chi connectivity index (χ3n) is 3.81. The number of para-hydroxylation sites is 1. The van der Waals surface area contributed by atoms with Crippen molar-refractivity contribution in [3.8, 4) is 5.75 Å². The van der Waals surface area contributed by atoms with Crippen LogP contribution in [0.5, 0.6) is 5.75 Å². The van der Waals surface area contributed by atoms with Gasteiger partial charge in [-0.15, -0.1) is 0 Å². The molecule has 0 aliphatic heterocycles. The SMILES string of the molecule is COc1ccc(C)cc1NC(=O)c1cc(Nc2ccccc2Cl)nc(C)n1. The fraction of sp³-hybridized carbons (Fsp3) is 0.150. The van der Waals surface area contributed by atoms with Crippen LogP contribution in [0.25, 0.3) is 0 Å². The van der Waals surface area contributed by atoms with E-state index < -0.39 is 0 Å². The van der Waals surface area contributed by atoms with Crippen molar-refractivity contribution < 1.29 is 9.53 Å². The number of amides is 1. The van der Waals surface area contributed by atoms with Crippen molar-refractivity contribution in [2.24, 2.45) is 0 Å². The molecule has 6 nitrogen and oxygen atoms in total. The average molecular weight is 383 g/mol. The molecule has 0 atom stereocenters. The number of benzene rings is 2. The number of ether oxygens (including phenoxy) is 1. The van der Waals surface area contributed by atoms with Crippen molar-refractivity contribution in [1.29, 1.82) is 0 Å². The van der Waals surface area contributed by atoms with Crippen molar-refractivity contribution >= 4 is 34.7 Å². The van der Waals surface area contributed by atoms with Crippen molar-refractivity contribution in [2.75, 3.05) is 17.7 Å². The summed E-state index contributed by atoms with van der Waals surface area (Å²) in [4.78, 5) is 21.3. The normalized spacial score (nSPS) is 10.4. The molecule has 0 aliphatic rings. The predicted octanol–water partition coefficient (Wildman–Crippen LogP) is 4.75. The summed E-state index contributed by atoms with van der Waals surface area (Å²) in [7, 11) is 1.56. The van der Waals surface area contributed by atoms with E-state index in [1.54, 1.807) is 32.2 Å². The first-order valence-electron chi connectivity index (χ1n) is 8.29. The molecule has 0 fully saturated rings. The number of carbonyl (C=O) groups is 1. The van der Waals surface area contributed by atoms with Crippen LogP contribution in [0.4, 0.5) is 17.2 Å². The number of aromatic nitrogens is 2. The van der Waals surface area contributed by atoms with Crippen LogP contribution in [0.3, 0.4) is 0 Å². The first-order valence-corrected chi connectivity index (χ1v) is 8.67. The minimum Gasteiger partial charge on any atom is -0.495 e. The van der Waals surface area contributed by atoms with Gasteiger partial charge in [-0.1, -0.05) is 29.8 Å². The van der Waals surface area contributed by atoms with Crippen molar-refractivity contribution in [1.82, 2.24) is 9.97 Å². The van der Waals surface area contributed by atoms with Crippen LogP contribution in [0, 0.1) is 13.8 Å². The van der Waals surface area contributed by atoms with Gasteiger partial charge in [-0.05, 0) is 43.7 Å². The van der Waals surface area contributed by atoms with Crippen LogP contribution < -0.4 is 15.4 Å². The molecule has 3 aromatic rings. The summed E-state index contributed by atoms with van der Waals surface area (Å²) in [5.41, 5.74) is 2.52. The Labute approximate surface area is 162 Å². The summed E-state index contributed by atoms with van der Waals surface area (Å²) >= 11 is 6.17. The van der Waals surface area contributed by atoms with Gasteiger partial charge in [0, 0.05) is 6.07 Å². The highest BCUT2D eigenvalue weighted by Gasteiger charge is 2.14. The Morgan fingerprint density at radius 1 is 1.04 bits per heavy atom. The Balaban J connectivity index is 1.86. The number of aryl methyl sites for hydroxylation is 2. The molecule has 2 N–H and O–H groups in total. The fourth-order valence-corrected chi connectivity index (χ4v) is 2.74. The third kappa shape index (κ3) is 4.54. The Hall–Kier alpha value is -3.12. The van der Waals surface area contributed by atoms with Crippen LogP contribution in [0.1, 0.15) is 21.9 Å². The lowest BCUT2D eigenvalue weighted by Crippen LogP contribution is -2.16. The molecule has 3 rings (SSSR count). The van der Waals surface area contributed by atoms with E-state index in [-0.39, 0.29) is 11.6 Å². The summed E-state index contributed by atoms with van der Waals surface area (Å²) < 4.78 is 5.30. The number of rotatable bonds is 5. The van der Waals surface area contributed by atoms with E-state index in [0.29, 0.717) is 33.8 Å². The van der Waals surface area contributed by atoms with E-state index in [1.165, 1.54) is 0 Å². The van der Waals surface area contributed by atoms with E-state index in [4.69, 9.17) is 16.3 Å². The molecule has 1 amide bonds. The van der Waals surface area contributed by atoms with E-state index in [2.05, 4.69) is 20.6 Å². The average Bonchev–Trinajstić information content (AvgIpc) is 2.63. The summed E-state index contributed by atoms with van der Waals surface area (Å²) in [6, 6.07) is 14.4. The molecule has 2 aromatic carbocycles. The molecule has 0 radical (unpaired) electrons. The molecule has 0 spiro atoms. The Bertz CT molecular complexity index is 991. The first kappa shape index (κ1) is 18.7. The Morgan fingerprint density at radius 2 is 1.81 bits per heavy atom. The summed E-state index contributed by atoms with van der Waals surface area (Å²) in [5, 5.41) is 6.52. The number of hydrogen-bond donors (Lipinski definition) is 2. The van der Waals surface area contributed by atoms with Crippen molar-refractivity contribution in [3.05, 3.63) is 70.6 Å². The van der Waals surface area contributed by atoms with Gasteiger partial charge >= 0.3 is 0 Å². The van der Waals surface area contributed by atoms with Gasteiger partial charge in [0.25, 0.3) is 5.91 Å². The fourth-order valence-electron chi connectivity index (χ4n) is 2.55. The molecule has 0 saturated heterocycles. The highest BCUT2D eigenvalue weighted by Crippen LogP contribution is 2.27. The number of carbonyl (C=O) groups excluding carboxylic acids is 1. The van der Waals surface area contributed by atoms with E-state index in [0.717, 1.165) is 5.56 Å². The summed E-state index contributed by atoms with van der Waals surface area (Å²) in [6.07, 6.45) is 0. The van der Waals surface area contributed by atoms with Gasteiger partial charge in [0.15, 0.2) is 0 Å². The highest BCUT2D eigenvalue weighted by molar-refractivity contribution is 6.33. The minimum absolute atomic E-state index is 0.237. The molecule has 27 heavy (non-hydrogen) atoms. The van der Waals surface area contributed by atoms with Gasteiger partial charge in [-0.3, -0.25) is 4.79 Å². The third-order valence-corrected chi connectivity index (χ3v) is 4.14.